The molecule has 1 aromatic carbocycles. The highest BCUT2D eigenvalue weighted by molar-refractivity contribution is 5.76. The smallest absolute Gasteiger partial charge is 0.220 e. The molecule has 112 valence electrons. The van der Waals surface area contributed by atoms with Crippen LogP contribution in [0.25, 0.3) is 0 Å². The first kappa shape index (κ1) is 16.6. The molecule has 2 N–H and O–H groups in total. The second-order valence-corrected chi connectivity index (χ2v) is 5.17. The van der Waals surface area contributed by atoms with Crippen molar-refractivity contribution in [2.75, 3.05) is 6.54 Å². The summed E-state index contributed by atoms with van der Waals surface area (Å²) in [7, 11) is 0. The van der Waals surface area contributed by atoms with E-state index in [1.807, 2.05) is 13.8 Å². The Morgan fingerprint density at radius 3 is 2.60 bits per heavy atom. The third-order valence-electron chi connectivity index (χ3n) is 2.94. The number of carbonyl (C=O) groups is 1. The van der Waals surface area contributed by atoms with Crippen molar-refractivity contribution >= 4 is 5.91 Å². The Balaban J connectivity index is 2.43. The van der Waals surface area contributed by atoms with Crippen LogP contribution in [0, 0.1) is 11.6 Å². The van der Waals surface area contributed by atoms with E-state index in [1.54, 1.807) is 6.92 Å². The van der Waals surface area contributed by atoms with E-state index in [-0.39, 0.29) is 11.5 Å². The second-order valence-electron chi connectivity index (χ2n) is 5.17. The minimum absolute atomic E-state index is 0.160. The quantitative estimate of drug-likeness (QED) is 0.756. The Kier molecular flexibility index (Phi) is 6.58. The Bertz CT molecular complexity index is 449. The van der Waals surface area contributed by atoms with Gasteiger partial charge in [-0.25, -0.2) is 8.78 Å². The molecule has 1 atom stereocenters. The standard InChI is InChI=1S/C15H22F2N2O/c1-10(2)18-8-4-5-15(20)19-11(3)13-9-12(16)6-7-14(13)17/h6-7,9-11,18H,4-5,8H2,1-3H3,(H,19,20). The van der Waals surface area contributed by atoms with Crippen LogP contribution in [0.3, 0.4) is 0 Å². The molecule has 0 aromatic heterocycles. The van der Waals surface area contributed by atoms with Crippen molar-refractivity contribution in [3.63, 3.8) is 0 Å². The molecule has 0 heterocycles. The summed E-state index contributed by atoms with van der Waals surface area (Å²) in [6.45, 7) is 6.47. The lowest BCUT2D eigenvalue weighted by atomic mass is 10.1. The number of hydrogen-bond acceptors (Lipinski definition) is 2. The molecule has 0 aliphatic rings. The van der Waals surface area contributed by atoms with Gasteiger partial charge in [0, 0.05) is 18.0 Å². The van der Waals surface area contributed by atoms with Gasteiger partial charge in [0.2, 0.25) is 5.91 Å². The first-order valence-corrected chi connectivity index (χ1v) is 6.88. The van der Waals surface area contributed by atoms with Crippen molar-refractivity contribution in [3.05, 3.63) is 35.4 Å². The van der Waals surface area contributed by atoms with E-state index in [2.05, 4.69) is 10.6 Å². The van der Waals surface area contributed by atoms with Crippen LogP contribution in [0.2, 0.25) is 0 Å². The normalized spacial score (nSPS) is 12.5. The molecule has 0 aliphatic carbocycles. The topological polar surface area (TPSA) is 41.1 Å². The third-order valence-corrected chi connectivity index (χ3v) is 2.94. The van der Waals surface area contributed by atoms with Gasteiger partial charge in [-0.1, -0.05) is 13.8 Å². The molecule has 0 bridgehead atoms. The van der Waals surface area contributed by atoms with Crippen LogP contribution in [-0.2, 0) is 4.79 Å². The number of amides is 1. The highest BCUT2D eigenvalue weighted by atomic mass is 19.1. The fourth-order valence-electron chi connectivity index (χ4n) is 1.88. The van der Waals surface area contributed by atoms with Gasteiger partial charge in [-0.05, 0) is 38.1 Å². The molecule has 1 amide bonds. The van der Waals surface area contributed by atoms with Crippen LogP contribution in [0.1, 0.15) is 45.2 Å². The summed E-state index contributed by atoms with van der Waals surface area (Å²) in [5.74, 6) is -1.18. The molecule has 0 aliphatic heterocycles. The molecule has 0 fully saturated rings. The highest BCUT2D eigenvalue weighted by Gasteiger charge is 2.14. The van der Waals surface area contributed by atoms with Crippen molar-refractivity contribution in [1.29, 1.82) is 0 Å². The van der Waals surface area contributed by atoms with Gasteiger partial charge >= 0.3 is 0 Å². The SMILES string of the molecule is CC(C)NCCCC(=O)NC(C)c1cc(F)ccc1F. The van der Waals surface area contributed by atoms with Crippen LogP contribution in [0.5, 0.6) is 0 Å². The second kappa shape index (κ2) is 7.94. The van der Waals surface area contributed by atoms with E-state index in [0.717, 1.165) is 24.7 Å². The van der Waals surface area contributed by atoms with E-state index < -0.39 is 17.7 Å². The van der Waals surface area contributed by atoms with E-state index in [1.165, 1.54) is 0 Å². The number of halogens is 2. The third kappa shape index (κ3) is 5.65. The van der Waals surface area contributed by atoms with Gasteiger partial charge in [-0.15, -0.1) is 0 Å². The number of rotatable bonds is 7. The zero-order valence-corrected chi connectivity index (χ0v) is 12.2. The Hall–Kier alpha value is -1.49. The van der Waals surface area contributed by atoms with Crippen molar-refractivity contribution in [3.8, 4) is 0 Å². The summed E-state index contributed by atoms with van der Waals surface area (Å²) in [4.78, 5) is 11.7. The summed E-state index contributed by atoms with van der Waals surface area (Å²) in [5, 5.41) is 5.89. The maximum atomic E-state index is 13.5. The van der Waals surface area contributed by atoms with Gasteiger partial charge in [-0.3, -0.25) is 4.79 Å². The van der Waals surface area contributed by atoms with Crippen molar-refractivity contribution in [2.45, 2.75) is 45.7 Å². The summed E-state index contributed by atoms with van der Waals surface area (Å²) in [6.07, 6.45) is 1.07. The minimum Gasteiger partial charge on any atom is -0.349 e. The largest absolute Gasteiger partial charge is 0.349 e. The van der Waals surface area contributed by atoms with Gasteiger partial charge in [0.15, 0.2) is 0 Å². The molecule has 5 heteroatoms. The molecule has 1 unspecified atom stereocenters. The van der Waals surface area contributed by atoms with Gasteiger partial charge < -0.3 is 10.6 Å². The van der Waals surface area contributed by atoms with Crippen LogP contribution >= 0.6 is 0 Å². The zero-order chi connectivity index (χ0) is 15.1. The molecule has 0 saturated carbocycles. The Morgan fingerprint density at radius 2 is 1.95 bits per heavy atom. The molecular formula is C15H22F2N2O. The molecule has 1 aromatic rings. The lowest BCUT2D eigenvalue weighted by molar-refractivity contribution is -0.121. The van der Waals surface area contributed by atoms with Crippen molar-refractivity contribution in [2.24, 2.45) is 0 Å². The maximum absolute atomic E-state index is 13.5. The Labute approximate surface area is 118 Å². The molecular weight excluding hydrogens is 262 g/mol. The first-order valence-electron chi connectivity index (χ1n) is 6.88. The van der Waals surface area contributed by atoms with Crippen LogP contribution in [0.4, 0.5) is 8.78 Å². The average Bonchev–Trinajstić information content (AvgIpc) is 2.37. The van der Waals surface area contributed by atoms with E-state index in [9.17, 15) is 13.6 Å². The fourth-order valence-corrected chi connectivity index (χ4v) is 1.88. The number of benzene rings is 1. The molecule has 3 nitrogen and oxygen atoms in total. The molecule has 0 saturated heterocycles. The molecule has 0 spiro atoms. The van der Waals surface area contributed by atoms with Gasteiger partial charge in [0.05, 0.1) is 6.04 Å². The van der Waals surface area contributed by atoms with Crippen molar-refractivity contribution in [1.82, 2.24) is 10.6 Å². The van der Waals surface area contributed by atoms with Gasteiger partial charge in [0.1, 0.15) is 11.6 Å². The predicted molar refractivity (Wildman–Crippen MR) is 75.3 cm³/mol. The monoisotopic (exact) mass is 284 g/mol. The predicted octanol–water partition coefficient (Wildman–Crippen LogP) is 2.92. The highest BCUT2D eigenvalue weighted by Crippen LogP contribution is 2.18. The number of hydrogen-bond donors (Lipinski definition) is 2. The van der Waals surface area contributed by atoms with Crippen LogP contribution < -0.4 is 10.6 Å². The molecule has 20 heavy (non-hydrogen) atoms. The van der Waals surface area contributed by atoms with Gasteiger partial charge in [0.25, 0.3) is 0 Å². The fraction of sp³-hybridized carbons (Fsp3) is 0.533. The van der Waals surface area contributed by atoms with E-state index >= 15 is 0 Å². The van der Waals surface area contributed by atoms with E-state index in [0.29, 0.717) is 18.9 Å². The summed E-state index contributed by atoms with van der Waals surface area (Å²) in [6, 6.07) is 3.08. The number of nitrogens with one attached hydrogen (secondary N) is 2. The lowest BCUT2D eigenvalue weighted by Crippen LogP contribution is -2.29. The minimum atomic E-state index is -0.545. The lowest BCUT2D eigenvalue weighted by Gasteiger charge is -2.15. The molecule has 0 radical (unpaired) electrons. The van der Waals surface area contributed by atoms with Crippen molar-refractivity contribution < 1.29 is 13.6 Å². The maximum Gasteiger partial charge on any atom is 0.220 e. The number of carbonyl (C=O) groups excluding carboxylic acids is 1. The summed E-state index contributed by atoms with van der Waals surface area (Å²) in [5.41, 5.74) is 0.165. The molecule has 1 rings (SSSR count). The zero-order valence-electron chi connectivity index (χ0n) is 12.2. The Morgan fingerprint density at radius 1 is 1.25 bits per heavy atom. The summed E-state index contributed by atoms with van der Waals surface area (Å²) < 4.78 is 26.6. The first-order chi connectivity index (χ1) is 9.40. The van der Waals surface area contributed by atoms with Gasteiger partial charge in [-0.2, -0.15) is 0 Å². The average molecular weight is 284 g/mol. The van der Waals surface area contributed by atoms with Crippen LogP contribution in [-0.4, -0.2) is 18.5 Å². The van der Waals surface area contributed by atoms with Crippen LogP contribution in [0.15, 0.2) is 18.2 Å². The van der Waals surface area contributed by atoms with E-state index in [4.69, 9.17) is 0 Å². The summed E-state index contributed by atoms with van der Waals surface area (Å²) >= 11 is 0.